The summed E-state index contributed by atoms with van der Waals surface area (Å²) in [6.07, 6.45) is 0. The van der Waals surface area contributed by atoms with Gasteiger partial charge in [-0.25, -0.2) is 0 Å². The van der Waals surface area contributed by atoms with Crippen molar-refractivity contribution in [2.75, 3.05) is 16.0 Å². The van der Waals surface area contributed by atoms with Crippen molar-refractivity contribution < 1.29 is 19.4 Å². The van der Waals surface area contributed by atoms with E-state index in [1.165, 1.54) is 0 Å². The molecule has 0 unspecified atom stereocenters. The van der Waals surface area contributed by atoms with Gasteiger partial charge in [-0.1, -0.05) is 30.3 Å². The van der Waals surface area contributed by atoms with E-state index in [-0.39, 0.29) is 21.9 Å². The van der Waals surface area contributed by atoms with Gasteiger partial charge in [0.05, 0.1) is 32.7 Å². The first-order valence-corrected chi connectivity index (χ1v) is 12.0. The van der Waals surface area contributed by atoms with E-state index < -0.39 is 33.0 Å². The molecule has 13 heteroatoms. The fraction of sp³-hybridized carbons (Fsp3) is 0. The summed E-state index contributed by atoms with van der Waals surface area (Å²) in [4.78, 5) is 46.2. The number of thiocarbonyl (C=S) groups is 1. The Morgan fingerprint density at radius 3 is 1.82 bits per heavy atom. The fourth-order valence-corrected chi connectivity index (χ4v) is 3.78. The second-order valence-corrected chi connectivity index (χ2v) is 8.64. The summed E-state index contributed by atoms with van der Waals surface area (Å²) in [5, 5.41) is 33.1. The van der Waals surface area contributed by atoms with Crippen LogP contribution >= 0.6 is 12.2 Å². The van der Waals surface area contributed by atoms with Crippen molar-refractivity contribution in [1.29, 1.82) is 0 Å². The molecule has 0 saturated carbocycles. The molecule has 0 fully saturated rings. The van der Waals surface area contributed by atoms with E-state index in [4.69, 9.17) is 12.2 Å². The zero-order valence-electron chi connectivity index (χ0n) is 20.5. The molecular weight excluding hydrogens is 536 g/mol. The second-order valence-electron chi connectivity index (χ2n) is 8.23. The minimum Gasteiger partial charge on any atom is -0.356 e. The molecule has 0 aliphatic rings. The van der Waals surface area contributed by atoms with Crippen LogP contribution in [0.25, 0.3) is 0 Å². The van der Waals surface area contributed by atoms with Gasteiger partial charge in [0.25, 0.3) is 23.2 Å². The van der Waals surface area contributed by atoms with Gasteiger partial charge in [0.15, 0.2) is 5.11 Å². The van der Waals surface area contributed by atoms with Crippen molar-refractivity contribution in [2.24, 2.45) is 0 Å². The SMILES string of the molecule is O=C(NC(=S)Nc1ccccc1C(=O)Nc1ccc(Nc2ccccc2)cc1)c1cc([N+](=O)[O-])cc([N+](=O)[O-])c1. The molecule has 0 saturated heterocycles. The highest BCUT2D eigenvalue weighted by Gasteiger charge is 2.21. The maximum Gasteiger partial charge on any atom is 0.277 e. The van der Waals surface area contributed by atoms with Crippen LogP contribution in [-0.2, 0) is 0 Å². The third kappa shape index (κ3) is 6.99. The third-order valence-corrected chi connectivity index (χ3v) is 5.64. The number of carbonyl (C=O) groups is 2. The van der Waals surface area contributed by atoms with Crippen LogP contribution in [0.2, 0.25) is 0 Å². The van der Waals surface area contributed by atoms with E-state index in [1.807, 2.05) is 42.5 Å². The molecule has 200 valence electrons. The van der Waals surface area contributed by atoms with Crippen LogP contribution in [0, 0.1) is 20.2 Å². The largest absolute Gasteiger partial charge is 0.356 e. The average Bonchev–Trinajstić information content (AvgIpc) is 2.94. The van der Waals surface area contributed by atoms with E-state index >= 15 is 0 Å². The van der Waals surface area contributed by atoms with Gasteiger partial charge in [-0.3, -0.25) is 35.1 Å². The first-order valence-electron chi connectivity index (χ1n) is 11.6. The van der Waals surface area contributed by atoms with Crippen molar-refractivity contribution in [2.45, 2.75) is 0 Å². The molecule has 0 aromatic heterocycles. The molecule has 0 atom stereocenters. The Balaban J connectivity index is 1.42. The number of hydrogen-bond acceptors (Lipinski definition) is 8. The molecule has 4 rings (SSSR count). The average molecular weight is 557 g/mol. The molecule has 4 aromatic carbocycles. The lowest BCUT2D eigenvalue weighted by Gasteiger charge is -2.14. The molecule has 0 bridgehead atoms. The quantitative estimate of drug-likeness (QED) is 0.122. The summed E-state index contributed by atoms with van der Waals surface area (Å²) >= 11 is 5.18. The topological polar surface area (TPSA) is 169 Å². The van der Waals surface area contributed by atoms with Crippen molar-refractivity contribution in [3.8, 4) is 0 Å². The monoisotopic (exact) mass is 556 g/mol. The molecule has 0 radical (unpaired) electrons. The van der Waals surface area contributed by atoms with Gasteiger partial charge >= 0.3 is 0 Å². The number of nitrogens with one attached hydrogen (secondary N) is 4. The van der Waals surface area contributed by atoms with Gasteiger partial charge in [0.2, 0.25) is 0 Å². The number of nitro groups is 2. The molecule has 40 heavy (non-hydrogen) atoms. The molecule has 2 amide bonds. The summed E-state index contributed by atoms with van der Waals surface area (Å²) in [6.45, 7) is 0. The lowest BCUT2D eigenvalue weighted by atomic mass is 10.1. The molecular formula is C27H20N6O6S. The van der Waals surface area contributed by atoms with Crippen molar-refractivity contribution in [1.82, 2.24) is 5.32 Å². The molecule has 4 N–H and O–H groups in total. The summed E-state index contributed by atoms with van der Waals surface area (Å²) < 4.78 is 0. The van der Waals surface area contributed by atoms with Crippen LogP contribution < -0.4 is 21.3 Å². The molecule has 0 aliphatic heterocycles. The van der Waals surface area contributed by atoms with Gasteiger partial charge in [-0.05, 0) is 60.7 Å². The zero-order chi connectivity index (χ0) is 28.6. The number of hydrogen-bond donors (Lipinski definition) is 4. The number of non-ortho nitro benzene ring substituents is 2. The van der Waals surface area contributed by atoms with Crippen molar-refractivity contribution >= 4 is 63.3 Å². The summed E-state index contributed by atoms with van der Waals surface area (Å²) in [6, 6.07) is 25.7. The highest BCUT2D eigenvalue weighted by molar-refractivity contribution is 7.80. The molecule has 0 aliphatic carbocycles. The number of para-hydroxylation sites is 2. The summed E-state index contributed by atoms with van der Waals surface area (Å²) in [5.41, 5.74) is 1.22. The van der Waals surface area contributed by atoms with E-state index in [9.17, 15) is 29.8 Å². The van der Waals surface area contributed by atoms with E-state index in [1.54, 1.807) is 36.4 Å². The molecule has 0 spiro atoms. The van der Waals surface area contributed by atoms with Crippen molar-refractivity contribution in [3.63, 3.8) is 0 Å². The lowest BCUT2D eigenvalue weighted by Crippen LogP contribution is -2.34. The van der Waals surface area contributed by atoms with Crippen LogP contribution in [0.1, 0.15) is 20.7 Å². The van der Waals surface area contributed by atoms with Gasteiger partial charge < -0.3 is 16.0 Å². The maximum atomic E-state index is 13.0. The van der Waals surface area contributed by atoms with Crippen LogP contribution in [-0.4, -0.2) is 26.8 Å². The smallest absolute Gasteiger partial charge is 0.277 e. The first-order chi connectivity index (χ1) is 19.2. The summed E-state index contributed by atoms with van der Waals surface area (Å²) in [5.74, 6) is -1.36. The Hall–Kier alpha value is -5.69. The Morgan fingerprint density at radius 2 is 1.20 bits per heavy atom. The summed E-state index contributed by atoms with van der Waals surface area (Å²) in [7, 11) is 0. The van der Waals surface area contributed by atoms with Crippen LogP contribution in [0.15, 0.2) is 97.1 Å². The van der Waals surface area contributed by atoms with Gasteiger partial charge in [0.1, 0.15) is 0 Å². The molecule has 4 aromatic rings. The number of nitrogens with zero attached hydrogens (tertiary/aromatic N) is 2. The zero-order valence-corrected chi connectivity index (χ0v) is 21.3. The van der Waals surface area contributed by atoms with E-state index in [2.05, 4.69) is 21.3 Å². The number of nitro benzene ring substituents is 2. The standard InChI is InChI=1S/C27H20N6O6S/c34-25(17-14-21(32(36)37)16-22(15-17)33(38)39)31-27(40)30-24-9-5-4-8-23(24)26(35)29-20-12-10-19(11-13-20)28-18-6-2-1-3-7-18/h1-16,28H,(H,29,35)(H2,30,31,34,40). The van der Waals surface area contributed by atoms with Gasteiger partial charge in [0, 0.05) is 29.2 Å². The van der Waals surface area contributed by atoms with E-state index in [0.717, 1.165) is 29.6 Å². The number of amides is 2. The fourth-order valence-electron chi connectivity index (χ4n) is 3.58. The predicted octanol–water partition coefficient (Wildman–Crippen LogP) is 5.63. The Labute approximate surface area is 232 Å². The highest BCUT2D eigenvalue weighted by atomic mass is 32.1. The minimum absolute atomic E-state index is 0.219. The Bertz CT molecular complexity index is 1580. The lowest BCUT2D eigenvalue weighted by molar-refractivity contribution is -0.394. The number of benzene rings is 4. The number of carbonyl (C=O) groups excluding carboxylic acids is 2. The van der Waals surface area contributed by atoms with Gasteiger partial charge in [-0.2, -0.15) is 0 Å². The van der Waals surface area contributed by atoms with Crippen LogP contribution in [0.4, 0.5) is 34.1 Å². The maximum absolute atomic E-state index is 13.0. The minimum atomic E-state index is -0.907. The number of rotatable bonds is 8. The molecule has 0 heterocycles. The third-order valence-electron chi connectivity index (χ3n) is 5.44. The Morgan fingerprint density at radius 1 is 0.650 bits per heavy atom. The normalized spacial score (nSPS) is 10.2. The van der Waals surface area contributed by atoms with Crippen LogP contribution in [0.5, 0.6) is 0 Å². The highest BCUT2D eigenvalue weighted by Crippen LogP contribution is 2.23. The second kappa shape index (κ2) is 12.2. The van der Waals surface area contributed by atoms with Gasteiger partial charge in [-0.15, -0.1) is 0 Å². The number of anilines is 4. The van der Waals surface area contributed by atoms with Crippen molar-refractivity contribution in [3.05, 3.63) is 128 Å². The predicted molar refractivity (Wildman–Crippen MR) is 154 cm³/mol. The molecule has 12 nitrogen and oxygen atoms in total. The van der Waals surface area contributed by atoms with Crippen LogP contribution in [0.3, 0.4) is 0 Å². The van der Waals surface area contributed by atoms with E-state index in [0.29, 0.717) is 5.69 Å². The first kappa shape index (κ1) is 27.3. The Kier molecular flexibility index (Phi) is 8.37.